The molecule has 0 aliphatic heterocycles. The molecule has 0 aliphatic rings. The molecule has 10 rings (SSSR count). The van der Waals surface area contributed by atoms with Gasteiger partial charge in [0.25, 0.3) is 0 Å². The Morgan fingerprint density at radius 3 is 1.64 bits per heavy atom. The Bertz CT molecular complexity index is 3070. The van der Waals surface area contributed by atoms with Gasteiger partial charge in [-0.2, -0.15) is 5.26 Å². The Morgan fingerprint density at radius 1 is 0.509 bits per heavy atom. The molecule has 0 fully saturated rings. The van der Waals surface area contributed by atoms with E-state index in [9.17, 15) is 5.26 Å². The number of rotatable bonds is 5. The van der Waals surface area contributed by atoms with Crippen molar-refractivity contribution >= 4 is 49.3 Å². The zero-order valence-corrected chi connectivity index (χ0v) is 28.2. The molecule has 0 saturated carbocycles. The molecule has 0 saturated heterocycles. The standard InChI is InChI=1S/C46H27N7/c1-48-33-23-21-32(22-24-33)46-49-45(31-19-17-30(29-47)18-20-31)50-53(46)36-25-26-40-39-13-4-7-16-43(39)52(44(40)28-36)35-10-8-9-34(27-35)51-41-14-5-2-11-37(41)38-12-3-6-15-42(38)51/h2-28H. The molecule has 7 heteroatoms. The molecule has 0 bridgehead atoms. The van der Waals surface area contributed by atoms with Crippen LogP contribution in [-0.4, -0.2) is 23.9 Å². The summed E-state index contributed by atoms with van der Waals surface area (Å²) < 4.78 is 6.55. The second-order valence-electron chi connectivity index (χ2n) is 13.0. The lowest BCUT2D eigenvalue weighted by Crippen LogP contribution is -2.01. The van der Waals surface area contributed by atoms with Crippen molar-refractivity contribution in [3.8, 4) is 45.9 Å². The summed E-state index contributed by atoms with van der Waals surface area (Å²) in [6, 6.07) is 57.7. The van der Waals surface area contributed by atoms with Crippen molar-refractivity contribution in [3.63, 3.8) is 0 Å². The predicted octanol–water partition coefficient (Wildman–Crippen LogP) is 11.2. The van der Waals surface area contributed by atoms with Crippen molar-refractivity contribution in [2.45, 2.75) is 0 Å². The molecular formula is C46H27N7. The van der Waals surface area contributed by atoms with E-state index < -0.39 is 0 Å². The van der Waals surface area contributed by atoms with Gasteiger partial charge < -0.3 is 9.13 Å². The Hall–Kier alpha value is -7.74. The third kappa shape index (κ3) is 4.80. The van der Waals surface area contributed by atoms with Crippen molar-refractivity contribution in [2.75, 3.05) is 0 Å². The van der Waals surface area contributed by atoms with Crippen LogP contribution in [0, 0.1) is 17.9 Å². The normalized spacial score (nSPS) is 11.4. The predicted molar refractivity (Wildman–Crippen MR) is 212 cm³/mol. The largest absolute Gasteiger partial charge is 0.309 e. The van der Waals surface area contributed by atoms with E-state index in [1.165, 1.54) is 10.8 Å². The van der Waals surface area contributed by atoms with Crippen molar-refractivity contribution in [3.05, 3.63) is 181 Å². The van der Waals surface area contributed by atoms with Crippen LogP contribution in [0.25, 0.3) is 88.3 Å². The number of hydrogen-bond acceptors (Lipinski definition) is 3. The van der Waals surface area contributed by atoms with E-state index in [1.807, 2.05) is 28.9 Å². The van der Waals surface area contributed by atoms with E-state index in [0.29, 0.717) is 22.9 Å². The van der Waals surface area contributed by atoms with Gasteiger partial charge in [0, 0.05) is 44.0 Å². The van der Waals surface area contributed by atoms with Gasteiger partial charge in [-0.25, -0.2) is 14.5 Å². The van der Waals surface area contributed by atoms with Crippen LogP contribution in [0.3, 0.4) is 0 Å². The summed E-state index contributed by atoms with van der Waals surface area (Å²) >= 11 is 0. The maximum atomic E-state index is 9.37. The summed E-state index contributed by atoms with van der Waals surface area (Å²) in [5.41, 5.74) is 10.2. The lowest BCUT2D eigenvalue weighted by Gasteiger charge is -2.13. The molecule has 0 amide bonds. The number of para-hydroxylation sites is 3. The first-order chi connectivity index (χ1) is 26.2. The molecule has 3 heterocycles. The zero-order chi connectivity index (χ0) is 35.5. The van der Waals surface area contributed by atoms with E-state index in [0.717, 1.165) is 61.0 Å². The van der Waals surface area contributed by atoms with Gasteiger partial charge >= 0.3 is 0 Å². The molecule has 7 nitrogen and oxygen atoms in total. The molecule has 246 valence electrons. The lowest BCUT2D eigenvalue weighted by atomic mass is 10.1. The molecule has 3 aromatic heterocycles. The highest BCUT2D eigenvalue weighted by atomic mass is 15.4. The topological polar surface area (TPSA) is 68.7 Å². The fraction of sp³-hybridized carbons (Fsp3) is 0. The maximum absolute atomic E-state index is 9.37. The van der Waals surface area contributed by atoms with Crippen LogP contribution < -0.4 is 0 Å². The van der Waals surface area contributed by atoms with E-state index in [1.54, 1.807) is 24.3 Å². The van der Waals surface area contributed by atoms with E-state index >= 15 is 0 Å². The highest BCUT2D eigenvalue weighted by molar-refractivity contribution is 6.11. The molecular weight excluding hydrogens is 651 g/mol. The van der Waals surface area contributed by atoms with E-state index in [-0.39, 0.29) is 0 Å². The molecule has 53 heavy (non-hydrogen) atoms. The summed E-state index contributed by atoms with van der Waals surface area (Å²) in [6.45, 7) is 7.45. The molecule has 7 aromatic carbocycles. The quantitative estimate of drug-likeness (QED) is 0.170. The van der Waals surface area contributed by atoms with Crippen molar-refractivity contribution in [2.24, 2.45) is 0 Å². The lowest BCUT2D eigenvalue weighted by molar-refractivity contribution is 0.891. The number of fused-ring (bicyclic) bond motifs is 6. The van der Waals surface area contributed by atoms with Gasteiger partial charge in [0.05, 0.1) is 46.0 Å². The second kappa shape index (κ2) is 11.9. The van der Waals surface area contributed by atoms with Gasteiger partial charge in [-0.15, -0.1) is 5.10 Å². The Balaban J connectivity index is 1.19. The van der Waals surface area contributed by atoms with Gasteiger partial charge in [0.15, 0.2) is 17.3 Å². The van der Waals surface area contributed by atoms with Crippen LogP contribution in [0.4, 0.5) is 5.69 Å². The molecule has 0 unspecified atom stereocenters. The van der Waals surface area contributed by atoms with Crippen LogP contribution in [0.5, 0.6) is 0 Å². The minimum absolute atomic E-state index is 0.540. The highest BCUT2D eigenvalue weighted by Crippen LogP contribution is 2.37. The van der Waals surface area contributed by atoms with Crippen LogP contribution in [0.15, 0.2) is 164 Å². The van der Waals surface area contributed by atoms with Gasteiger partial charge in [-0.1, -0.05) is 91.0 Å². The number of hydrogen-bond donors (Lipinski definition) is 0. The summed E-state index contributed by atoms with van der Waals surface area (Å²) in [7, 11) is 0. The molecule has 0 spiro atoms. The first kappa shape index (κ1) is 30.1. The average Bonchev–Trinajstić information content (AvgIpc) is 3.92. The molecule has 10 aromatic rings. The molecule has 0 radical (unpaired) electrons. The molecule has 0 aliphatic carbocycles. The van der Waals surface area contributed by atoms with Crippen LogP contribution in [-0.2, 0) is 0 Å². The molecule has 0 N–H and O–H groups in total. The van der Waals surface area contributed by atoms with Crippen molar-refractivity contribution < 1.29 is 0 Å². The monoisotopic (exact) mass is 677 g/mol. The highest BCUT2D eigenvalue weighted by Gasteiger charge is 2.19. The summed E-state index contributed by atoms with van der Waals surface area (Å²) in [6.07, 6.45) is 0. The van der Waals surface area contributed by atoms with Crippen molar-refractivity contribution in [1.29, 1.82) is 5.26 Å². The van der Waals surface area contributed by atoms with Crippen LogP contribution in [0.1, 0.15) is 5.56 Å². The molecule has 0 atom stereocenters. The third-order valence-corrected chi connectivity index (χ3v) is 9.96. The fourth-order valence-corrected chi connectivity index (χ4v) is 7.52. The van der Waals surface area contributed by atoms with Gasteiger partial charge in [0.1, 0.15) is 0 Å². The number of nitrogens with zero attached hydrogens (tertiary/aromatic N) is 7. The van der Waals surface area contributed by atoms with Crippen LogP contribution >= 0.6 is 0 Å². The zero-order valence-electron chi connectivity index (χ0n) is 28.2. The van der Waals surface area contributed by atoms with Crippen molar-refractivity contribution in [1.82, 2.24) is 23.9 Å². The summed E-state index contributed by atoms with van der Waals surface area (Å²) in [5.74, 6) is 1.19. The summed E-state index contributed by atoms with van der Waals surface area (Å²) in [5, 5.41) is 19.1. The minimum Gasteiger partial charge on any atom is -0.309 e. The van der Waals surface area contributed by atoms with E-state index in [4.69, 9.17) is 16.7 Å². The average molecular weight is 678 g/mol. The Kier molecular flexibility index (Phi) is 6.79. The maximum Gasteiger partial charge on any atom is 0.187 e. The minimum atomic E-state index is 0.540. The van der Waals surface area contributed by atoms with Crippen LogP contribution in [0.2, 0.25) is 0 Å². The third-order valence-electron chi connectivity index (χ3n) is 9.96. The SMILES string of the molecule is [C-]#[N+]c1ccc(-c2nc(-c3ccc(C#N)cc3)nn2-c2ccc3c4ccccc4n(-c4cccc(-n5c6ccccc6c6ccccc65)c4)c3c2)cc1. The number of benzene rings is 7. The first-order valence-electron chi connectivity index (χ1n) is 17.3. The smallest absolute Gasteiger partial charge is 0.187 e. The van der Waals surface area contributed by atoms with Gasteiger partial charge in [-0.3, -0.25) is 0 Å². The Labute approximate surface area is 304 Å². The van der Waals surface area contributed by atoms with E-state index in [2.05, 4.69) is 135 Å². The second-order valence-corrected chi connectivity index (χ2v) is 13.0. The fourth-order valence-electron chi connectivity index (χ4n) is 7.52. The Morgan fingerprint density at radius 2 is 1.06 bits per heavy atom. The number of nitriles is 1. The number of aromatic nitrogens is 5. The summed E-state index contributed by atoms with van der Waals surface area (Å²) in [4.78, 5) is 8.59. The first-order valence-corrected chi connectivity index (χ1v) is 17.3. The van der Waals surface area contributed by atoms with Gasteiger partial charge in [-0.05, 0) is 72.8 Å². The van der Waals surface area contributed by atoms with Gasteiger partial charge in [0.2, 0.25) is 0 Å².